The molecule has 6 rings (SSSR count). The maximum absolute atomic E-state index is 14.7. The summed E-state index contributed by atoms with van der Waals surface area (Å²) in [7, 11) is 0. The van der Waals surface area contributed by atoms with Crippen LogP contribution in [0.1, 0.15) is 80.9 Å². The van der Waals surface area contributed by atoms with E-state index in [0.29, 0.717) is 60.8 Å². The third-order valence-corrected chi connectivity index (χ3v) is 12.2. The van der Waals surface area contributed by atoms with Gasteiger partial charge in [0.15, 0.2) is 0 Å². The van der Waals surface area contributed by atoms with Gasteiger partial charge in [0.1, 0.15) is 30.8 Å². The van der Waals surface area contributed by atoms with Crippen LogP contribution in [0.5, 0.6) is 11.5 Å². The van der Waals surface area contributed by atoms with Crippen LogP contribution < -0.4 is 9.47 Å². The number of hydrogen-bond acceptors (Lipinski definition) is 12. The summed E-state index contributed by atoms with van der Waals surface area (Å²) < 4.78 is 20.4. The molecule has 1 aliphatic heterocycles. The van der Waals surface area contributed by atoms with Gasteiger partial charge in [0.25, 0.3) is 11.4 Å². The summed E-state index contributed by atoms with van der Waals surface area (Å²) in [5.41, 5.74) is 3.54. The first kappa shape index (κ1) is 47.3. The van der Waals surface area contributed by atoms with Crippen molar-refractivity contribution in [2.45, 2.75) is 82.6 Å². The fourth-order valence-electron chi connectivity index (χ4n) is 9.42. The van der Waals surface area contributed by atoms with E-state index in [-0.39, 0.29) is 67.9 Å². The average Bonchev–Trinajstić information content (AvgIpc) is 3.30. The number of oxime groups is 1. The zero-order chi connectivity index (χ0) is 45.6. The summed E-state index contributed by atoms with van der Waals surface area (Å²) in [6.45, 7) is 10.6. The first-order valence-electron chi connectivity index (χ1n) is 22.0. The average molecular weight is 879 g/mol. The van der Waals surface area contributed by atoms with Crippen LogP contribution in [0, 0.1) is 38.0 Å². The number of carbonyl (C=O) groups is 1. The lowest BCUT2D eigenvalue weighted by Gasteiger charge is -2.60. The minimum absolute atomic E-state index is 0.00129. The number of aliphatic hydroxyl groups excluding tert-OH is 2. The smallest absolute Gasteiger partial charge is 0.269 e. The SMILES string of the molecule is C=CCOc1ccc2c(c1)C1C(CCCCO)C(CCCCO)C=C3C(=NOCc4ccc([N+](=O)[O-])cc4)CC(N(CCC)C(=O)C=Cc4ccc([N+](=O)[O-])cc4)C(OCC=C)(O2)C31. The standard InChI is InChI=1S/C49H58N4O11/c1-4-25-51(46(56)24-17-34-13-18-37(19-14-34)52(57)58)45-32-43(50-63-33-35-15-20-38(21-16-35)53(59)60)41-30-36(11-7-9-26-54)40(12-8-10-27-55)47-42-31-39(61-28-5-2)22-23-44(42)64-49(45,48(41)47)62-29-6-3/h5-6,13-24,30-31,36,40,45,47-48,54-55H,2-4,7-12,25-29,32-33H2,1H3. The highest BCUT2D eigenvalue weighted by atomic mass is 16.7. The summed E-state index contributed by atoms with van der Waals surface area (Å²) in [6, 6.07) is 17.0. The molecule has 6 unspecified atom stereocenters. The first-order chi connectivity index (χ1) is 31.1. The molecule has 3 aromatic rings. The molecular formula is C49H58N4O11. The van der Waals surface area contributed by atoms with Gasteiger partial charge in [0, 0.05) is 68.0 Å². The number of rotatable bonds is 24. The number of unbranched alkanes of at least 4 members (excludes halogenated alkanes) is 2. The van der Waals surface area contributed by atoms with Gasteiger partial charge in [0.05, 0.1) is 28.1 Å². The van der Waals surface area contributed by atoms with Crippen molar-refractivity contribution >= 4 is 29.1 Å². The number of ether oxygens (including phenoxy) is 3. The molecule has 15 heteroatoms. The lowest BCUT2D eigenvalue weighted by molar-refractivity contribution is -0.385. The summed E-state index contributed by atoms with van der Waals surface area (Å²) in [5, 5.41) is 47.3. The van der Waals surface area contributed by atoms with Crippen molar-refractivity contribution in [1.29, 1.82) is 0 Å². The fraction of sp³-hybridized carbons (Fsp3) is 0.429. The fourth-order valence-corrected chi connectivity index (χ4v) is 9.42. The molecule has 64 heavy (non-hydrogen) atoms. The van der Waals surface area contributed by atoms with E-state index in [0.717, 1.165) is 36.8 Å². The second kappa shape index (κ2) is 22.5. The van der Waals surface area contributed by atoms with Crippen LogP contribution in [-0.2, 0) is 21.0 Å². The molecule has 1 saturated carbocycles. The van der Waals surface area contributed by atoms with E-state index in [4.69, 9.17) is 24.2 Å². The number of nitro groups is 2. The van der Waals surface area contributed by atoms with Gasteiger partial charge < -0.3 is 34.2 Å². The highest BCUT2D eigenvalue weighted by Gasteiger charge is 2.65. The molecule has 0 aromatic heterocycles. The van der Waals surface area contributed by atoms with Gasteiger partial charge >= 0.3 is 0 Å². The molecule has 2 N–H and O–H groups in total. The molecule has 6 atom stereocenters. The Balaban J connectivity index is 1.55. The monoisotopic (exact) mass is 878 g/mol. The van der Waals surface area contributed by atoms with E-state index in [1.807, 2.05) is 25.1 Å². The lowest BCUT2D eigenvalue weighted by atomic mass is 9.55. The third kappa shape index (κ3) is 10.8. The quantitative estimate of drug-likeness (QED) is 0.0287. The first-order valence-corrected chi connectivity index (χ1v) is 22.0. The summed E-state index contributed by atoms with van der Waals surface area (Å²) >= 11 is 0. The minimum Gasteiger partial charge on any atom is -0.490 e. The van der Waals surface area contributed by atoms with Gasteiger partial charge in [-0.3, -0.25) is 25.0 Å². The van der Waals surface area contributed by atoms with Crippen molar-refractivity contribution in [3.05, 3.63) is 147 Å². The number of non-ortho nitro benzene ring substituents is 2. The second-order valence-electron chi connectivity index (χ2n) is 16.3. The Hall–Kier alpha value is -6.16. The van der Waals surface area contributed by atoms with Gasteiger partial charge in [-0.1, -0.05) is 49.7 Å². The number of allylic oxidation sites excluding steroid dienone is 1. The Bertz CT molecular complexity index is 2210. The Kier molecular flexibility index (Phi) is 16.6. The number of fused-ring (bicyclic) bond motifs is 2. The van der Waals surface area contributed by atoms with Gasteiger partial charge in [0.2, 0.25) is 11.7 Å². The molecular weight excluding hydrogens is 821 g/mol. The highest BCUT2D eigenvalue weighted by Crippen LogP contribution is 2.62. The van der Waals surface area contributed by atoms with Crippen molar-refractivity contribution in [1.82, 2.24) is 4.90 Å². The van der Waals surface area contributed by atoms with Crippen molar-refractivity contribution in [2.24, 2.45) is 22.9 Å². The van der Waals surface area contributed by atoms with E-state index in [1.165, 1.54) is 30.3 Å². The number of nitrogens with zero attached hydrogens (tertiary/aromatic N) is 4. The Morgan fingerprint density at radius 2 is 1.61 bits per heavy atom. The number of aliphatic hydroxyl groups is 2. The van der Waals surface area contributed by atoms with Crippen LogP contribution in [0.25, 0.3) is 6.08 Å². The molecule has 0 saturated heterocycles. The summed E-state index contributed by atoms with van der Waals surface area (Å²) in [6.07, 6.45) is 13.7. The topological polar surface area (TPSA) is 196 Å². The van der Waals surface area contributed by atoms with Crippen LogP contribution in [0.2, 0.25) is 0 Å². The van der Waals surface area contributed by atoms with Crippen molar-refractivity contribution in [3.63, 3.8) is 0 Å². The predicted molar refractivity (Wildman–Crippen MR) is 243 cm³/mol. The van der Waals surface area contributed by atoms with Crippen molar-refractivity contribution in [3.8, 4) is 11.5 Å². The molecule has 1 amide bonds. The van der Waals surface area contributed by atoms with E-state index >= 15 is 0 Å². The van der Waals surface area contributed by atoms with Crippen LogP contribution in [0.4, 0.5) is 11.4 Å². The number of benzene rings is 3. The van der Waals surface area contributed by atoms with Gasteiger partial charge in [-0.15, -0.1) is 6.58 Å². The molecule has 1 fully saturated rings. The van der Waals surface area contributed by atoms with E-state index in [1.54, 1.807) is 47.4 Å². The zero-order valence-corrected chi connectivity index (χ0v) is 36.3. The largest absolute Gasteiger partial charge is 0.490 e. The Morgan fingerprint density at radius 1 is 0.938 bits per heavy atom. The lowest BCUT2D eigenvalue weighted by Crippen LogP contribution is -2.70. The van der Waals surface area contributed by atoms with Gasteiger partial charge in [-0.2, -0.15) is 0 Å². The van der Waals surface area contributed by atoms with Gasteiger partial charge in [-0.05, 0) is 109 Å². The zero-order valence-electron chi connectivity index (χ0n) is 36.3. The van der Waals surface area contributed by atoms with Crippen molar-refractivity contribution in [2.75, 3.05) is 33.0 Å². The highest BCUT2D eigenvalue weighted by molar-refractivity contribution is 6.03. The summed E-state index contributed by atoms with van der Waals surface area (Å²) in [5.74, 6) is -1.39. The molecule has 1 heterocycles. The number of amides is 1. The van der Waals surface area contributed by atoms with Crippen molar-refractivity contribution < 1.29 is 43.9 Å². The number of hydrogen-bond donors (Lipinski definition) is 2. The third-order valence-electron chi connectivity index (χ3n) is 12.2. The normalized spacial score (nSPS) is 22.7. The molecule has 0 bridgehead atoms. The Morgan fingerprint density at radius 3 is 2.25 bits per heavy atom. The molecule has 15 nitrogen and oxygen atoms in total. The molecule has 2 aliphatic carbocycles. The molecule has 3 aromatic carbocycles. The number of nitro benzene ring substituents is 2. The maximum Gasteiger partial charge on any atom is 0.269 e. The van der Waals surface area contributed by atoms with E-state index < -0.39 is 27.6 Å². The number of carbonyl (C=O) groups excluding carboxylic acids is 1. The predicted octanol–water partition coefficient (Wildman–Crippen LogP) is 8.85. The Labute approximate surface area is 373 Å². The summed E-state index contributed by atoms with van der Waals surface area (Å²) in [4.78, 5) is 44.3. The molecule has 0 radical (unpaired) electrons. The van der Waals surface area contributed by atoms with E-state index in [2.05, 4.69) is 19.2 Å². The molecule has 0 spiro atoms. The van der Waals surface area contributed by atoms with Crippen LogP contribution >= 0.6 is 0 Å². The molecule has 340 valence electrons. The van der Waals surface area contributed by atoms with Gasteiger partial charge in [-0.25, -0.2) is 0 Å². The van der Waals surface area contributed by atoms with E-state index in [9.17, 15) is 35.2 Å². The molecule has 3 aliphatic rings. The van der Waals surface area contributed by atoms with Crippen LogP contribution in [-0.4, -0.2) is 81.4 Å². The minimum atomic E-state index is -1.48. The van der Waals surface area contributed by atoms with Crippen LogP contribution in [0.3, 0.4) is 0 Å². The second-order valence-corrected chi connectivity index (χ2v) is 16.3. The maximum atomic E-state index is 14.7. The van der Waals surface area contributed by atoms with Crippen LogP contribution in [0.15, 0.2) is 115 Å².